The average molecular weight is 234 g/mol. The maximum absolute atomic E-state index is 5.12. The molecule has 0 atom stereocenters. The number of aryl methyl sites for hydroxylation is 2. The first-order valence-electron chi connectivity index (χ1n) is 5.17. The summed E-state index contributed by atoms with van der Waals surface area (Å²) in [5, 5.41) is 3.94. The van der Waals surface area contributed by atoms with Gasteiger partial charge < -0.3 is 4.52 Å². The molecule has 0 aromatic carbocycles. The minimum Gasteiger partial charge on any atom is -0.361 e. The predicted molar refractivity (Wildman–Crippen MR) is 65.2 cm³/mol. The fraction of sp³-hybridized carbons (Fsp3) is 0.333. The van der Waals surface area contributed by atoms with E-state index in [9.17, 15) is 0 Å². The molecule has 0 unspecified atom stereocenters. The van der Waals surface area contributed by atoms with Gasteiger partial charge in [0, 0.05) is 23.3 Å². The Morgan fingerprint density at radius 2 is 2.12 bits per heavy atom. The van der Waals surface area contributed by atoms with Crippen molar-refractivity contribution in [3.63, 3.8) is 0 Å². The van der Waals surface area contributed by atoms with Crippen molar-refractivity contribution in [1.82, 2.24) is 10.1 Å². The second-order valence-electron chi connectivity index (χ2n) is 3.62. The molecule has 16 heavy (non-hydrogen) atoms. The number of thioether (sulfide) groups is 1. The Morgan fingerprint density at radius 3 is 2.75 bits per heavy atom. The Morgan fingerprint density at radius 1 is 1.25 bits per heavy atom. The van der Waals surface area contributed by atoms with Gasteiger partial charge in [0.15, 0.2) is 0 Å². The molecule has 3 nitrogen and oxygen atoms in total. The third-order valence-electron chi connectivity index (χ3n) is 2.40. The molecule has 2 aromatic heterocycles. The Balaban J connectivity index is 1.89. The number of pyridine rings is 1. The van der Waals surface area contributed by atoms with Gasteiger partial charge in [0.25, 0.3) is 0 Å². The molecule has 0 saturated heterocycles. The summed E-state index contributed by atoms with van der Waals surface area (Å²) < 4.78 is 5.12. The Labute approximate surface area is 99.3 Å². The maximum atomic E-state index is 5.12. The van der Waals surface area contributed by atoms with E-state index in [1.54, 1.807) is 0 Å². The second kappa shape index (κ2) is 5.16. The van der Waals surface area contributed by atoms with Crippen LogP contribution in [0.5, 0.6) is 0 Å². The van der Waals surface area contributed by atoms with Crippen LogP contribution in [0.3, 0.4) is 0 Å². The monoisotopic (exact) mass is 234 g/mol. The van der Waals surface area contributed by atoms with Gasteiger partial charge in [0.2, 0.25) is 0 Å². The van der Waals surface area contributed by atoms with E-state index in [2.05, 4.69) is 10.1 Å². The van der Waals surface area contributed by atoms with Crippen molar-refractivity contribution in [3.8, 4) is 0 Å². The normalized spacial score (nSPS) is 10.6. The molecule has 0 spiro atoms. The topological polar surface area (TPSA) is 38.9 Å². The fourth-order valence-electron chi connectivity index (χ4n) is 1.45. The van der Waals surface area contributed by atoms with Gasteiger partial charge in [-0.25, -0.2) is 0 Å². The van der Waals surface area contributed by atoms with Crippen LogP contribution in [-0.2, 0) is 11.5 Å². The minimum atomic E-state index is 0.922. The summed E-state index contributed by atoms with van der Waals surface area (Å²) in [6.45, 7) is 3.93. The molecule has 0 bridgehead atoms. The van der Waals surface area contributed by atoms with E-state index in [0.717, 1.165) is 28.7 Å². The van der Waals surface area contributed by atoms with Crippen molar-refractivity contribution in [2.75, 3.05) is 0 Å². The van der Waals surface area contributed by atoms with Crippen molar-refractivity contribution in [2.45, 2.75) is 25.4 Å². The summed E-state index contributed by atoms with van der Waals surface area (Å²) in [7, 11) is 0. The Kier molecular flexibility index (Phi) is 3.62. The van der Waals surface area contributed by atoms with Crippen molar-refractivity contribution < 1.29 is 4.52 Å². The van der Waals surface area contributed by atoms with Gasteiger partial charge in [-0.05, 0) is 26.0 Å². The van der Waals surface area contributed by atoms with Crippen LogP contribution in [0.1, 0.15) is 22.7 Å². The fourth-order valence-corrected chi connectivity index (χ4v) is 2.55. The lowest BCUT2D eigenvalue weighted by Gasteiger charge is -2.00. The summed E-state index contributed by atoms with van der Waals surface area (Å²) in [4.78, 5) is 4.28. The molecule has 0 fully saturated rings. The van der Waals surface area contributed by atoms with Crippen LogP contribution in [0, 0.1) is 13.8 Å². The molecule has 0 aliphatic heterocycles. The third kappa shape index (κ3) is 2.64. The molecule has 0 aliphatic rings. The van der Waals surface area contributed by atoms with Crippen molar-refractivity contribution in [1.29, 1.82) is 0 Å². The van der Waals surface area contributed by atoms with E-state index in [-0.39, 0.29) is 0 Å². The number of hydrogen-bond donors (Lipinski definition) is 0. The van der Waals surface area contributed by atoms with E-state index in [1.165, 1.54) is 5.56 Å². The first-order valence-corrected chi connectivity index (χ1v) is 6.32. The van der Waals surface area contributed by atoms with Gasteiger partial charge in [0.05, 0.1) is 11.4 Å². The van der Waals surface area contributed by atoms with Crippen LogP contribution < -0.4 is 0 Å². The van der Waals surface area contributed by atoms with Crippen molar-refractivity contribution >= 4 is 11.8 Å². The summed E-state index contributed by atoms with van der Waals surface area (Å²) in [6, 6.07) is 5.99. The quantitative estimate of drug-likeness (QED) is 0.814. The van der Waals surface area contributed by atoms with Crippen LogP contribution >= 0.6 is 11.8 Å². The highest BCUT2D eigenvalue weighted by atomic mass is 32.2. The van der Waals surface area contributed by atoms with E-state index < -0.39 is 0 Å². The van der Waals surface area contributed by atoms with E-state index in [0.29, 0.717) is 0 Å². The third-order valence-corrected chi connectivity index (χ3v) is 3.40. The molecule has 4 heteroatoms. The molecule has 2 heterocycles. The zero-order chi connectivity index (χ0) is 11.4. The standard InChI is InChI=1S/C12H14N2OS/c1-9-12(10(2)15-14-9)8-16-7-11-5-3-4-6-13-11/h3-6H,7-8H2,1-2H3. The van der Waals surface area contributed by atoms with Crippen molar-refractivity contribution in [2.24, 2.45) is 0 Å². The second-order valence-corrected chi connectivity index (χ2v) is 4.60. The summed E-state index contributed by atoms with van der Waals surface area (Å²) >= 11 is 1.83. The highest BCUT2D eigenvalue weighted by Crippen LogP contribution is 2.21. The molecule has 2 aromatic rings. The van der Waals surface area contributed by atoms with Crippen LogP contribution in [0.15, 0.2) is 28.9 Å². The zero-order valence-electron chi connectivity index (χ0n) is 9.43. The lowest BCUT2D eigenvalue weighted by Crippen LogP contribution is -1.88. The van der Waals surface area contributed by atoms with Gasteiger partial charge in [-0.15, -0.1) is 0 Å². The van der Waals surface area contributed by atoms with Gasteiger partial charge in [-0.2, -0.15) is 11.8 Å². The highest BCUT2D eigenvalue weighted by molar-refractivity contribution is 7.97. The number of aromatic nitrogens is 2. The van der Waals surface area contributed by atoms with Crippen LogP contribution in [0.25, 0.3) is 0 Å². The molecule has 2 rings (SSSR count). The smallest absolute Gasteiger partial charge is 0.137 e. The molecular formula is C12H14N2OS. The van der Waals surface area contributed by atoms with Crippen LogP contribution in [0.4, 0.5) is 0 Å². The Bertz CT molecular complexity index is 434. The first kappa shape index (κ1) is 11.2. The van der Waals surface area contributed by atoms with E-state index in [1.807, 2.05) is 50.0 Å². The minimum absolute atomic E-state index is 0.922. The largest absolute Gasteiger partial charge is 0.361 e. The SMILES string of the molecule is Cc1noc(C)c1CSCc1ccccn1. The number of rotatable bonds is 4. The molecule has 0 saturated carbocycles. The van der Waals surface area contributed by atoms with E-state index in [4.69, 9.17) is 4.52 Å². The lowest BCUT2D eigenvalue weighted by molar-refractivity contribution is 0.392. The maximum Gasteiger partial charge on any atom is 0.137 e. The molecule has 0 radical (unpaired) electrons. The highest BCUT2D eigenvalue weighted by Gasteiger charge is 2.08. The van der Waals surface area contributed by atoms with Gasteiger partial charge in [-0.1, -0.05) is 11.2 Å². The molecular weight excluding hydrogens is 220 g/mol. The molecule has 0 amide bonds. The first-order chi connectivity index (χ1) is 7.77. The Hall–Kier alpha value is -1.29. The average Bonchev–Trinajstić information content (AvgIpc) is 2.62. The lowest BCUT2D eigenvalue weighted by atomic mass is 10.2. The summed E-state index contributed by atoms with van der Waals surface area (Å²) in [5.74, 6) is 2.77. The summed E-state index contributed by atoms with van der Waals surface area (Å²) in [5.41, 5.74) is 3.31. The van der Waals surface area contributed by atoms with Crippen molar-refractivity contribution in [3.05, 3.63) is 47.1 Å². The number of nitrogens with zero attached hydrogens (tertiary/aromatic N) is 2. The van der Waals surface area contributed by atoms with Crippen LogP contribution in [0.2, 0.25) is 0 Å². The van der Waals surface area contributed by atoms with Gasteiger partial charge in [0.1, 0.15) is 5.76 Å². The van der Waals surface area contributed by atoms with Gasteiger partial charge >= 0.3 is 0 Å². The predicted octanol–water partition coefficient (Wildman–Crippen LogP) is 3.12. The molecule has 84 valence electrons. The van der Waals surface area contributed by atoms with E-state index >= 15 is 0 Å². The van der Waals surface area contributed by atoms with Gasteiger partial charge in [-0.3, -0.25) is 4.98 Å². The molecule has 0 aliphatic carbocycles. The zero-order valence-corrected chi connectivity index (χ0v) is 10.3. The summed E-state index contributed by atoms with van der Waals surface area (Å²) in [6.07, 6.45) is 1.83. The molecule has 0 N–H and O–H groups in total. The number of hydrogen-bond acceptors (Lipinski definition) is 4. The van der Waals surface area contributed by atoms with Crippen LogP contribution in [-0.4, -0.2) is 10.1 Å².